The molecule has 0 aliphatic heterocycles. The Labute approximate surface area is 190 Å². The molecular weight excluding hydrogens is 422 g/mol. The lowest BCUT2D eigenvalue weighted by atomic mass is 9.65. The summed E-state index contributed by atoms with van der Waals surface area (Å²) >= 11 is 0. The fraction of sp³-hybridized carbons (Fsp3) is 0.708. The van der Waals surface area contributed by atoms with Crippen molar-refractivity contribution in [2.45, 2.75) is 102 Å². The summed E-state index contributed by atoms with van der Waals surface area (Å²) in [6.07, 6.45) is 2.31. The quantitative estimate of drug-likeness (QED) is 0.327. The molecule has 0 saturated heterocycles. The molecule has 5 nitrogen and oxygen atoms in total. The minimum absolute atomic E-state index is 0.0498. The molecule has 0 unspecified atom stereocenters. The standard InChI is InChI=1S/C24H41NO4Si2/c1-17-19-14-24(27,15-20(17)29-31(8,9)23(2,3)4)22(26)21-18(19)10-11-25(21)16-28-12-13-30(5,6)7/h10-11,19-20,27H,1,12-16H2,2-9H3/t19-,20+,24-/m0/s1. The normalized spacial score (nSPS) is 26.9. The van der Waals surface area contributed by atoms with E-state index in [2.05, 4.69) is 60.1 Å². The Hall–Kier alpha value is -0.996. The smallest absolute Gasteiger partial charge is 0.211 e. The molecule has 1 aromatic heterocycles. The van der Waals surface area contributed by atoms with E-state index in [0.29, 0.717) is 25.5 Å². The molecule has 2 aliphatic carbocycles. The summed E-state index contributed by atoms with van der Waals surface area (Å²) in [6.45, 7) is 23.4. The van der Waals surface area contributed by atoms with Crippen LogP contribution in [0.15, 0.2) is 24.4 Å². The van der Waals surface area contributed by atoms with Crippen molar-refractivity contribution in [2.24, 2.45) is 0 Å². The van der Waals surface area contributed by atoms with Crippen molar-refractivity contribution in [3.05, 3.63) is 35.7 Å². The summed E-state index contributed by atoms with van der Waals surface area (Å²) in [6, 6.07) is 3.08. The van der Waals surface area contributed by atoms with Gasteiger partial charge in [0.1, 0.15) is 12.3 Å². The van der Waals surface area contributed by atoms with Crippen LogP contribution in [-0.4, -0.2) is 50.2 Å². The van der Waals surface area contributed by atoms with E-state index in [1.165, 1.54) is 0 Å². The molecule has 1 aromatic rings. The van der Waals surface area contributed by atoms with Crippen molar-refractivity contribution in [1.82, 2.24) is 4.57 Å². The molecule has 0 aromatic carbocycles. The molecule has 2 bridgehead atoms. The van der Waals surface area contributed by atoms with E-state index in [1.54, 1.807) is 0 Å². The summed E-state index contributed by atoms with van der Waals surface area (Å²) < 4.78 is 14.4. The first-order valence-corrected chi connectivity index (χ1v) is 18.1. The fourth-order valence-electron chi connectivity index (χ4n) is 4.26. The lowest BCUT2D eigenvalue weighted by Crippen LogP contribution is -2.55. The Morgan fingerprint density at radius 2 is 1.87 bits per heavy atom. The van der Waals surface area contributed by atoms with Crippen LogP contribution in [-0.2, 0) is 15.9 Å². The molecule has 1 heterocycles. The first kappa shape index (κ1) is 24.6. The number of Topliss-reactive ketones (excluding diaryl/α,β-unsaturated/α-hetero) is 1. The van der Waals surface area contributed by atoms with E-state index in [4.69, 9.17) is 9.16 Å². The third-order valence-electron chi connectivity index (χ3n) is 7.40. The highest BCUT2D eigenvalue weighted by atomic mass is 28.4. The lowest BCUT2D eigenvalue weighted by Gasteiger charge is -2.48. The number of carbonyl (C=O) groups is 1. The highest BCUT2D eigenvalue weighted by Crippen LogP contribution is 2.51. The van der Waals surface area contributed by atoms with E-state index < -0.39 is 22.0 Å². The molecular formula is C24H41NO4Si2. The van der Waals surface area contributed by atoms with Crippen LogP contribution in [0.2, 0.25) is 43.8 Å². The van der Waals surface area contributed by atoms with Crippen LogP contribution in [0.4, 0.5) is 0 Å². The number of hydrogen-bond donors (Lipinski definition) is 1. The maximum atomic E-state index is 13.4. The van der Waals surface area contributed by atoms with Crippen LogP contribution in [0, 0.1) is 0 Å². The fourth-order valence-corrected chi connectivity index (χ4v) is 6.32. The summed E-state index contributed by atoms with van der Waals surface area (Å²) in [5.74, 6) is -0.265. The van der Waals surface area contributed by atoms with Gasteiger partial charge in [-0.3, -0.25) is 4.79 Å². The molecule has 0 amide bonds. The summed E-state index contributed by atoms with van der Waals surface area (Å²) in [5.41, 5.74) is 1.12. The van der Waals surface area contributed by atoms with Crippen LogP contribution in [0.5, 0.6) is 0 Å². The van der Waals surface area contributed by atoms with Gasteiger partial charge in [0.25, 0.3) is 0 Å². The van der Waals surface area contributed by atoms with Gasteiger partial charge in [0, 0.05) is 33.2 Å². The number of ether oxygens (including phenoxy) is 1. The number of rotatable bonds is 7. The van der Waals surface area contributed by atoms with Crippen molar-refractivity contribution < 1.29 is 19.1 Å². The second-order valence-corrected chi connectivity index (χ2v) is 22.6. The highest BCUT2D eigenvalue weighted by molar-refractivity contribution is 6.76. The van der Waals surface area contributed by atoms with E-state index >= 15 is 0 Å². The maximum absolute atomic E-state index is 13.4. The molecule has 0 spiro atoms. The van der Waals surface area contributed by atoms with Crippen molar-refractivity contribution in [1.29, 1.82) is 0 Å². The topological polar surface area (TPSA) is 60.7 Å². The van der Waals surface area contributed by atoms with Crippen molar-refractivity contribution in [3.63, 3.8) is 0 Å². The van der Waals surface area contributed by atoms with Crippen molar-refractivity contribution in [3.8, 4) is 0 Å². The largest absolute Gasteiger partial charge is 0.410 e. The molecule has 7 heteroatoms. The van der Waals surface area contributed by atoms with Gasteiger partial charge in [0.05, 0.1) is 11.8 Å². The van der Waals surface area contributed by atoms with Gasteiger partial charge in [-0.05, 0) is 47.8 Å². The van der Waals surface area contributed by atoms with E-state index in [9.17, 15) is 9.90 Å². The zero-order valence-corrected chi connectivity index (χ0v) is 22.7. The molecule has 174 valence electrons. The van der Waals surface area contributed by atoms with E-state index in [1.807, 2.05) is 16.8 Å². The minimum atomic E-state index is -2.07. The van der Waals surface area contributed by atoms with E-state index in [-0.39, 0.29) is 29.3 Å². The summed E-state index contributed by atoms with van der Waals surface area (Å²) in [4.78, 5) is 13.4. The monoisotopic (exact) mass is 463 g/mol. The van der Waals surface area contributed by atoms with Crippen LogP contribution >= 0.6 is 0 Å². The third kappa shape index (κ3) is 4.85. The molecule has 2 aliphatic rings. The lowest BCUT2D eigenvalue weighted by molar-refractivity contribution is -0.0179. The maximum Gasteiger partial charge on any atom is 0.211 e. The van der Waals surface area contributed by atoms with Crippen molar-refractivity contribution in [2.75, 3.05) is 6.61 Å². The molecule has 3 rings (SSSR count). The van der Waals surface area contributed by atoms with Gasteiger partial charge >= 0.3 is 0 Å². The van der Waals surface area contributed by atoms with Gasteiger partial charge in [-0.1, -0.05) is 47.0 Å². The Morgan fingerprint density at radius 3 is 2.45 bits per heavy atom. The van der Waals surface area contributed by atoms with Crippen LogP contribution < -0.4 is 0 Å². The Morgan fingerprint density at radius 1 is 1.23 bits per heavy atom. The van der Waals surface area contributed by atoms with Crippen LogP contribution in [0.25, 0.3) is 0 Å². The zero-order valence-electron chi connectivity index (χ0n) is 20.7. The van der Waals surface area contributed by atoms with E-state index in [0.717, 1.165) is 17.2 Å². The molecule has 0 radical (unpaired) electrons. The number of fused-ring (bicyclic) bond motifs is 4. The Bertz CT molecular complexity index is 862. The number of nitrogens with zero attached hydrogens (tertiary/aromatic N) is 1. The molecule has 1 N–H and O–H groups in total. The second kappa shape index (κ2) is 8.10. The van der Waals surface area contributed by atoms with Crippen LogP contribution in [0.3, 0.4) is 0 Å². The minimum Gasteiger partial charge on any atom is -0.410 e. The average molecular weight is 464 g/mol. The highest BCUT2D eigenvalue weighted by Gasteiger charge is 2.54. The number of aliphatic hydroxyl groups is 1. The number of ketones is 1. The van der Waals surface area contributed by atoms with Gasteiger partial charge in [0.15, 0.2) is 8.32 Å². The number of hydrogen-bond acceptors (Lipinski definition) is 4. The molecule has 3 atom stereocenters. The zero-order chi connectivity index (χ0) is 23.4. The first-order chi connectivity index (χ1) is 14.1. The Balaban J connectivity index is 1.83. The predicted molar refractivity (Wildman–Crippen MR) is 131 cm³/mol. The Kier molecular flexibility index (Phi) is 6.44. The first-order valence-electron chi connectivity index (χ1n) is 11.5. The van der Waals surface area contributed by atoms with Gasteiger partial charge in [-0.25, -0.2) is 0 Å². The molecule has 1 saturated carbocycles. The van der Waals surface area contributed by atoms with Gasteiger partial charge in [-0.15, -0.1) is 0 Å². The number of aromatic nitrogens is 1. The van der Waals surface area contributed by atoms with Crippen molar-refractivity contribution >= 4 is 22.2 Å². The summed E-state index contributed by atoms with van der Waals surface area (Å²) in [7, 11) is -3.23. The molecule has 1 fully saturated rings. The van der Waals surface area contributed by atoms with Gasteiger partial charge < -0.3 is 18.8 Å². The van der Waals surface area contributed by atoms with Gasteiger partial charge in [-0.2, -0.15) is 0 Å². The summed E-state index contributed by atoms with van der Waals surface area (Å²) in [5, 5.41) is 11.5. The van der Waals surface area contributed by atoms with Crippen LogP contribution in [0.1, 0.15) is 55.6 Å². The number of carbonyl (C=O) groups excluding carboxylic acids is 1. The van der Waals surface area contributed by atoms with Gasteiger partial charge in [0.2, 0.25) is 5.78 Å². The third-order valence-corrected chi connectivity index (χ3v) is 13.6. The SMILES string of the molecule is C=C1[C@H](O[Si](C)(C)C(C)(C)C)C[C@@]2(O)C[C@@H]1c1ccn(COCC[Si](C)(C)C)c1C2=O. The molecule has 31 heavy (non-hydrogen) atoms. The predicted octanol–water partition coefficient (Wildman–Crippen LogP) is 5.55. The second-order valence-electron chi connectivity index (χ2n) is 12.2. The average Bonchev–Trinajstić information content (AvgIpc) is 3.02.